The Hall–Kier alpha value is -1.00. The predicted molar refractivity (Wildman–Crippen MR) is 83.8 cm³/mol. The minimum Gasteiger partial charge on any atom is -0.396 e. The molecule has 1 atom stereocenters. The van der Waals surface area contributed by atoms with Gasteiger partial charge in [-0.1, -0.05) is 29.8 Å². The smallest absolute Gasteiger partial charge is 0.230 e. The van der Waals surface area contributed by atoms with E-state index in [9.17, 15) is 4.79 Å². The summed E-state index contributed by atoms with van der Waals surface area (Å²) in [5, 5.41) is 12.2. The van der Waals surface area contributed by atoms with Gasteiger partial charge in [-0.05, 0) is 43.4 Å². The van der Waals surface area contributed by atoms with Crippen LogP contribution in [0.25, 0.3) is 0 Å². The molecule has 0 saturated heterocycles. The van der Waals surface area contributed by atoms with Crippen LogP contribution >= 0.6 is 11.8 Å². The first-order chi connectivity index (χ1) is 9.69. The van der Waals surface area contributed by atoms with Gasteiger partial charge in [-0.15, -0.1) is 0 Å². The van der Waals surface area contributed by atoms with E-state index >= 15 is 0 Å². The first kappa shape index (κ1) is 15.4. The summed E-state index contributed by atoms with van der Waals surface area (Å²) in [6, 6.07) is 8.02. The second-order valence-electron chi connectivity index (χ2n) is 5.50. The Labute approximate surface area is 125 Å². The second kappa shape index (κ2) is 7.70. The number of nitrogens with one attached hydrogen (secondary N) is 1. The van der Waals surface area contributed by atoms with Crippen LogP contribution in [0.2, 0.25) is 0 Å². The molecule has 0 aliphatic heterocycles. The van der Waals surface area contributed by atoms with Crippen LogP contribution in [-0.4, -0.2) is 29.1 Å². The zero-order valence-corrected chi connectivity index (χ0v) is 12.8. The molecule has 1 fully saturated rings. The van der Waals surface area contributed by atoms with Crippen LogP contribution in [0.3, 0.4) is 0 Å². The van der Waals surface area contributed by atoms with E-state index < -0.39 is 0 Å². The molecular formula is C16H23NO2S. The van der Waals surface area contributed by atoms with Gasteiger partial charge in [-0.2, -0.15) is 11.8 Å². The van der Waals surface area contributed by atoms with Crippen molar-refractivity contribution >= 4 is 17.7 Å². The number of benzene rings is 1. The van der Waals surface area contributed by atoms with E-state index in [2.05, 4.69) is 5.32 Å². The third kappa shape index (κ3) is 5.17. The van der Waals surface area contributed by atoms with Gasteiger partial charge >= 0.3 is 0 Å². The molecule has 1 aromatic rings. The zero-order valence-electron chi connectivity index (χ0n) is 12.0. The molecule has 0 spiro atoms. The Morgan fingerprint density at radius 1 is 1.40 bits per heavy atom. The summed E-state index contributed by atoms with van der Waals surface area (Å²) in [4.78, 5) is 12.0. The largest absolute Gasteiger partial charge is 0.396 e. The number of amides is 1. The summed E-state index contributed by atoms with van der Waals surface area (Å²) in [5.41, 5.74) is 2.26. The van der Waals surface area contributed by atoms with Gasteiger partial charge in [0.15, 0.2) is 0 Å². The molecule has 20 heavy (non-hydrogen) atoms. The van der Waals surface area contributed by atoms with Crippen molar-refractivity contribution in [2.75, 3.05) is 18.1 Å². The van der Waals surface area contributed by atoms with Gasteiger partial charge in [0.05, 0.1) is 11.8 Å². The Balaban J connectivity index is 1.83. The van der Waals surface area contributed by atoms with Crippen molar-refractivity contribution in [3.63, 3.8) is 0 Å². The molecule has 4 heteroatoms. The highest BCUT2D eigenvalue weighted by molar-refractivity contribution is 7.99. The molecule has 0 heterocycles. The number of hydrogen-bond acceptors (Lipinski definition) is 3. The lowest BCUT2D eigenvalue weighted by Crippen LogP contribution is -2.30. The molecule has 1 amide bonds. The van der Waals surface area contributed by atoms with Crippen LogP contribution in [0.5, 0.6) is 0 Å². The number of aliphatic hydroxyl groups excluding tert-OH is 1. The number of hydrogen-bond donors (Lipinski definition) is 2. The molecule has 0 aromatic heterocycles. The normalized spacial score (nSPS) is 15.9. The van der Waals surface area contributed by atoms with Gasteiger partial charge in [0.25, 0.3) is 0 Å². The van der Waals surface area contributed by atoms with Gasteiger partial charge in [0.1, 0.15) is 0 Å². The molecule has 2 rings (SSSR count). The molecular weight excluding hydrogens is 270 g/mol. The standard InChI is InChI=1S/C16H23NO2S/c1-12-2-6-14(7-3-12)15(8-9-18)17-16(19)11-20-10-13-4-5-13/h2-3,6-7,13,15,18H,4-5,8-11H2,1H3,(H,17,19)/t15-/m1/s1. The number of thioether (sulfide) groups is 1. The number of carbonyl (C=O) groups is 1. The summed E-state index contributed by atoms with van der Waals surface area (Å²) >= 11 is 1.72. The zero-order chi connectivity index (χ0) is 14.4. The SMILES string of the molecule is Cc1ccc([C@@H](CCO)NC(=O)CSCC2CC2)cc1. The fourth-order valence-corrected chi connectivity index (χ4v) is 3.14. The highest BCUT2D eigenvalue weighted by atomic mass is 32.2. The third-order valence-electron chi connectivity index (χ3n) is 3.52. The maximum atomic E-state index is 12.0. The first-order valence-corrected chi connectivity index (χ1v) is 8.39. The molecule has 0 bridgehead atoms. The maximum absolute atomic E-state index is 12.0. The number of aliphatic hydroxyl groups is 1. The predicted octanol–water partition coefficient (Wildman–Crippen LogP) is 2.68. The summed E-state index contributed by atoms with van der Waals surface area (Å²) in [6.07, 6.45) is 3.21. The second-order valence-corrected chi connectivity index (χ2v) is 6.53. The Morgan fingerprint density at radius 2 is 2.10 bits per heavy atom. The van der Waals surface area contributed by atoms with E-state index in [1.807, 2.05) is 31.2 Å². The van der Waals surface area contributed by atoms with Gasteiger partial charge in [-0.25, -0.2) is 0 Å². The lowest BCUT2D eigenvalue weighted by Gasteiger charge is -2.18. The minimum absolute atomic E-state index is 0.0645. The molecule has 2 N–H and O–H groups in total. The molecule has 110 valence electrons. The Morgan fingerprint density at radius 3 is 2.70 bits per heavy atom. The number of aryl methyl sites for hydroxylation is 1. The summed E-state index contributed by atoms with van der Waals surface area (Å²) in [6.45, 7) is 2.12. The molecule has 0 radical (unpaired) electrons. The quantitative estimate of drug-likeness (QED) is 0.775. The monoisotopic (exact) mass is 293 g/mol. The number of carbonyl (C=O) groups excluding carboxylic acids is 1. The average Bonchev–Trinajstić information content (AvgIpc) is 3.23. The van der Waals surface area contributed by atoms with Crippen LogP contribution in [0, 0.1) is 12.8 Å². The summed E-state index contributed by atoms with van der Waals surface area (Å²) in [7, 11) is 0. The summed E-state index contributed by atoms with van der Waals surface area (Å²) < 4.78 is 0. The van der Waals surface area contributed by atoms with Crippen LogP contribution in [0.1, 0.15) is 36.4 Å². The van der Waals surface area contributed by atoms with E-state index in [-0.39, 0.29) is 18.6 Å². The molecule has 1 aromatic carbocycles. The maximum Gasteiger partial charge on any atom is 0.230 e. The topological polar surface area (TPSA) is 49.3 Å². The van der Waals surface area contributed by atoms with Crippen molar-refractivity contribution in [1.29, 1.82) is 0 Å². The lowest BCUT2D eigenvalue weighted by atomic mass is 10.0. The van der Waals surface area contributed by atoms with Crippen LogP contribution < -0.4 is 5.32 Å². The van der Waals surface area contributed by atoms with Crippen LogP contribution in [-0.2, 0) is 4.79 Å². The number of rotatable bonds is 8. The lowest BCUT2D eigenvalue weighted by molar-refractivity contribution is -0.119. The highest BCUT2D eigenvalue weighted by Gasteiger charge is 2.21. The van der Waals surface area contributed by atoms with Crippen molar-refractivity contribution in [3.05, 3.63) is 35.4 Å². The fourth-order valence-electron chi connectivity index (χ4n) is 2.09. The van der Waals surface area contributed by atoms with E-state index in [1.54, 1.807) is 11.8 Å². The van der Waals surface area contributed by atoms with Crippen LogP contribution in [0.15, 0.2) is 24.3 Å². The molecule has 1 aliphatic rings. The summed E-state index contributed by atoms with van der Waals surface area (Å²) in [5.74, 6) is 2.53. The first-order valence-electron chi connectivity index (χ1n) is 7.23. The third-order valence-corrected chi connectivity index (χ3v) is 4.69. The Kier molecular flexibility index (Phi) is 5.92. The van der Waals surface area contributed by atoms with Crippen molar-refractivity contribution in [2.45, 2.75) is 32.2 Å². The fraction of sp³-hybridized carbons (Fsp3) is 0.562. The van der Waals surface area contributed by atoms with Crippen molar-refractivity contribution in [3.8, 4) is 0 Å². The van der Waals surface area contributed by atoms with Gasteiger partial charge in [-0.3, -0.25) is 4.79 Å². The van der Waals surface area contributed by atoms with E-state index in [4.69, 9.17) is 5.11 Å². The molecule has 0 unspecified atom stereocenters. The van der Waals surface area contributed by atoms with E-state index in [0.717, 1.165) is 17.2 Å². The molecule has 1 saturated carbocycles. The van der Waals surface area contributed by atoms with Crippen molar-refractivity contribution in [1.82, 2.24) is 5.32 Å². The molecule has 3 nitrogen and oxygen atoms in total. The van der Waals surface area contributed by atoms with Crippen molar-refractivity contribution in [2.24, 2.45) is 5.92 Å². The van der Waals surface area contributed by atoms with Crippen LogP contribution in [0.4, 0.5) is 0 Å². The van der Waals surface area contributed by atoms with E-state index in [1.165, 1.54) is 18.4 Å². The van der Waals surface area contributed by atoms with Gasteiger partial charge < -0.3 is 10.4 Å². The highest BCUT2D eigenvalue weighted by Crippen LogP contribution is 2.32. The Bertz CT molecular complexity index is 429. The van der Waals surface area contributed by atoms with Gasteiger partial charge in [0.2, 0.25) is 5.91 Å². The molecule has 1 aliphatic carbocycles. The van der Waals surface area contributed by atoms with Gasteiger partial charge in [0, 0.05) is 6.61 Å². The van der Waals surface area contributed by atoms with Crippen molar-refractivity contribution < 1.29 is 9.90 Å². The minimum atomic E-state index is -0.0883. The van der Waals surface area contributed by atoms with E-state index in [0.29, 0.717) is 12.2 Å². The average molecular weight is 293 g/mol.